The first-order valence-corrected chi connectivity index (χ1v) is 4.82. The molecule has 0 spiro atoms. The van der Waals surface area contributed by atoms with Crippen molar-refractivity contribution < 1.29 is 51.4 Å². The quantitative estimate of drug-likeness (QED) is 0.327. The van der Waals surface area contributed by atoms with Gasteiger partial charge in [0, 0.05) is 0 Å². The SMILES string of the molecule is COS(=O)(=O)[O-].COS(=O)(=O)[O-].[Fe+2]. The fraction of sp³-hybridized carbons (Fsp3) is 1.00. The molecule has 0 unspecified atom stereocenters. The van der Waals surface area contributed by atoms with E-state index in [0.717, 1.165) is 14.2 Å². The molecule has 0 aromatic rings. The van der Waals surface area contributed by atoms with Gasteiger partial charge in [-0.3, -0.25) is 8.37 Å². The summed E-state index contributed by atoms with van der Waals surface area (Å²) in [6.45, 7) is 0. The van der Waals surface area contributed by atoms with E-state index in [1.165, 1.54) is 0 Å². The van der Waals surface area contributed by atoms with Gasteiger partial charge in [-0.25, -0.2) is 16.8 Å². The number of rotatable bonds is 2. The summed E-state index contributed by atoms with van der Waals surface area (Å²) in [5.74, 6) is 0. The summed E-state index contributed by atoms with van der Waals surface area (Å²) in [5, 5.41) is 0. The van der Waals surface area contributed by atoms with Gasteiger partial charge in [0.1, 0.15) is 0 Å². The van der Waals surface area contributed by atoms with Crippen LogP contribution in [0.5, 0.6) is 0 Å². The molecule has 82 valence electrons. The second-order valence-electron chi connectivity index (χ2n) is 1.15. The summed E-state index contributed by atoms with van der Waals surface area (Å²) in [7, 11) is -7.21. The van der Waals surface area contributed by atoms with Crippen LogP contribution in [0.4, 0.5) is 0 Å². The molecule has 0 amide bonds. The molecule has 0 radical (unpaired) electrons. The van der Waals surface area contributed by atoms with Crippen LogP contribution < -0.4 is 0 Å². The first-order chi connectivity index (χ1) is 5.12. The van der Waals surface area contributed by atoms with Crippen LogP contribution in [0.25, 0.3) is 0 Å². The van der Waals surface area contributed by atoms with Gasteiger partial charge in [0.15, 0.2) is 0 Å². The van der Waals surface area contributed by atoms with E-state index in [0.29, 0.717) is 0 Å². The summed E-state index contributed by atoms with van der Waals surface area (Å²) in [6.07, 6.45) is 0. The van der Waals surface area contributed by atoms with Gasteiger partial charge in [0.2, 0.25) is 20.8 Å². The molecule has 0 atom stereocenters. The molecule has 0 aromatic carbocycles. The third-order valence-electron chi connectivity index (χ3n) is 0.408. The third-order valence-corrected chi connectivity index (χ3v) is 1.22. The van der Waals surface area contributed by atoms with Crippen molar-refractivity contribution in [2.24, 2.45) is 0 Å². The van der Waals surface area contributed by atoms with Crippen molar-refractivity contribution in [3.63, 3.8) is 0 Å². The standard InChI is InChI=1S/2CH4O4S.Fe/c2*1-5-6(2,3)4;/h2*1H3,(H,2,3,4);/q;;+2/p-2. The van der Waals surface area contributed by atoms with E-state index in [-0.39, 0.29) is 17.1 Å². The van der Waals surface area contributed by atoms with Crippen LogP contribution in [-0.4, -0.2) is 40.2 Å². The molecular weight excluding hydrogens is 272 g/mol. The van der Waals surface area contributed by atoms with Crippen LogP contribution in [0, 0.1) is 0 Å². The molecular formula is C2H6FeO8S2. The average Bonchev–Trinajstić information content (AvgIpc) is 1.86. The van der Waals surface area contributed by atoms with E-state index >= 15 is 0 Å². The van der Waals surface area contributed by atoms with Crippen LogP contribution in [0.15, 0.2) is 0 Å². The van der Waals surface area contributed by atoms with Crippen molar-refractivity contribution in [1.29, 1.82) is 0 Å². The summed E-state index contributed by atoms with van der Waals surface area (Å²) in [4.78, 5) is 0. The molecule has 0 aliphatic heterocycles. The van der Waals surface area contributed by atoms with Crippen molar-refractivity contribution in [1.82, 2.24) is 0 Å². The Morgan fingerprint density at radius 3 is 0.923 bits per heavy atom. The molecule has 0 bridgehead atoms. The zero-order valence-electron chi connectivity index (χ0n) is 6.44. The zero-order valence-corrected chi connectivity index (χ0v) is 9.17. The van der Waals surface area contributed by atoms with E-state index < -0.39 is 20.8 Å². The van der Waals surface area contributed by atoms with E-state index in [1.54, 1.807) is 0 Å². The van der Waals surface area contributed by atoms with E-state index in [2.05, 4.69) is 8.37 Å². The maximum absolute atomic E-state index is 9.22. The van der Waals surface area contributed by atoms with Gasteiger partial charge < -0.3 is 9.11 Å². The van der Waals surface area contributed by atoms with Gasteiger partial charge in [-0.2, -0.15) is 0 Å². The van der Waals surface area contributed by atoms with Crippen molar-refractivity contribution in [2.45, 2.75) is 0 Å². The van der Waals surface area contributed by atoms with E-state index in [4.69, 9.17) is 0 Å². The summed E-state index contributed by atoms with van der Waals surface area (Å²) in [5.41, 5.74) is 0. The molecule has 0 saturated carbocycles. The van der Waals surface area contributed by atoms with Crippen LogP contribution in [0.2, 0.25) is 0 Å². The topological polar surface area (TPSA) is 133 Å². The van der Waals surface area contributed by atoms with Gasteiger partial charge in [-0.05, 0) is 0 Å². The first-order valence-electron chi connectivity index (χ1n) is 2.15. The molecule has 0 fully saturated rings. The normalized spacial score (nSPS) is 10.8. The number of hydrogen-bond acceptors (Lipinski definition) is 8. The molecule has 0 saturated heterocycles. The minimum Gasteiger partial charge on any atom is -0.726 e. The smallest absolute Gasteiger partial charge is 0.726 e. The van der Waals surface area contributed by atoms with E-state index in [1.807, 2.05) is 0 Å². The summed E-state index contributed by atoms with van der Waals surface area (Å²) >= 11 is 0. The van der Waals surface area contributed by atoms with Crippen molar-refractivity contribution in [2.75, 3.05) is 14.2 Å². The summed E-state index contributed by atoms with van der Waals surface area (Å²) in [6, 6.07) is 0. The zero-order chi connectivity index (χ0) is 10.4. The monoisotopic (exact) mass is 278 g/mol. The van der Waals surface area contributed by atoms with Crippen molar-refractivity contribution in [3.8, 4) is 0 Å². The Kier molecular flexibility index (Phi) is 11.1. The fourth-order valence-corrected chi connectivity index (χ4v) is 0. The predicted molar refractivity (Wildman–Crippen MR) is 33.4 cm³/mol. The van der Waals surface area contributed by atoms with Gasteiger partial charge in [-0.1, -0.05) is 0 Å². The average molecular weight is 278 g/mol. The molecule has 11 heteroatoms. The number of hydrogen-bond donors (Lipinski definition) is 0. The third kappa shape index (κ3) is 32.9. The van der Waals surface area contributed by atoms with Crippen LogP contribution in [0.3, 0.4) is 0 Å². The van der Waals surface area contributed by atoms with Crippen molar-refractivity contribution in [3.05, 3.63) is 0 Å². The maximum atomic E-state index is 9.22. The first kappa shape index (κ1) is 18.9. The predicted octanol–water partition coefficient (Wildman–Crippen LogP) is -1.82. The van der Waals surface area contributed by atoms with Crippen LogP contribution in [-0.2, 0) is 46.2 Å². The molecule has 13 heavy (non-hydrogen) atoms. The Morgan fingerprint density at radius 1 is 0.846 bits per heavy atom. The Balaban J connectivity index is -0.000000143. The van der Waals surface area contributed by atoms with Gasteiger partial charge in [0.25, 0.3) is 0 Å². The molecule has 8 nitrogen and oxygen atoms in total. The molecule has 0 heterocycles. The fourth-order valence-electron chi connectivity index (χ4n) is 0. The van der Waals surface area contributed by atoms with Crippen molar-refractivity contribution >= 4 is 20.8 Å². The van der Waals surface area contributed by atoms with Gasteiger partial charge in [-0.15, -0.1) is 0 Å². The van der Waals surface area contributed by atoms with Gasteiger partial charge in [0.05, 0.1) is 14.2 Å². The molecule has 0 aromatic heterocycles. The molecule has 0 aliphatic rings. The second kappa shape index (κ2) is 7.64. The molecule has 0 aliphatic carbocycles. The maximum Gasteiger partial charge on any atom is 2.00 e. The minimum atomic E-state index is -4.41. The molecule has 0 N–H and O–H groups in total. The Morgan fingerprint density at radius 2 is 0.923 bits per heavy atom. The largest absolute Gasteiger partial charge is 2.00 e. The Hall–Kier alpha value is 0.259. The Bertz CT molecular complexity index is 256. The minimum absolute atomic E-state index is 0. The van der Waals surface area contributed by atoms with E-state index in [9.17, 15) is 25.9 Å². The Labute approximate surface area is 86.6 Å². The molecule has 0 rings (SSSR count). The van der Waals surface area contributed by atoms with Crippen LogP contribution >= 0.6 is 0 Å². The van der Waals surface area contributed by atoms with Crippen LogP contribution in [0.1, 0.15) is 0 Å². The second-order valence-corrected chi connectivity index (χ2v) is 3.45. The summed E-state index contributed by atoms with van der Waals surface area (Å²) < 4.78 is 62.0. The van der Waals surface area contributed by atoms with Gasteiger partial charge >= 0.3 is 17.1 Å².